The fourth-order valence-electron chi connectivity index (χ4n) is 1.78. The number of carbonyl (C=O) groups excluding carboxylic acids is 2. The van der Waals surface area contributed by atoms with Crippen molar-refractivity contribution in [3.63, 3.8) is 0 Å². The molecular formula is C9H17N3O2. The first-order valence-electron chi connectivity index (χ1n) is 4.81. The molecule has 2 amide bonds. The fourth-order valence-corrected chi connectivity index (χ4v) is 1.78. The highest BCUT2D eigenvalue weighted by Gasteiger charge is 2.27. The third kappa shape index (κ3) is 2.23. The standard InChI is InChI=1S/C9H17N3O2/c1-7-6-11(9(14)5-10)3-4-12(7)8(2)13/h7H,3-6,10H2,1-2H3/t7-/m0/s1. The highest BCUT2D eigenvalue weighted by molar-refractivity contribution is 5.79. The van der Waals surface area contributed by atoms with E-state index in [1.54, 1.807) is 16.7 Å². The van der Waals surface area contributed by atoms with Crippen LogP contribution in [0.25, 0.3) is 0 Å². The first kappa shape index (κ1) is 11.0. The van der Waals surface area contributed by atoms with Gasteiger partial charge in [0.15, 0.2) is 0 Å². The average molecular weight is 199 g/mol. The van der Waals surface area contributed by atoms with Crippen molar-refractivity contribution in [3.8, 4) is 0 Å². The summed E-state index contributed by atoms with van der Waals surface area (Å²) in [5.74, 6) is 0.0254. The molecule has 0 aliphatic carbocycles. The Morgan fingerprint density at radius 1 is 1.43 bits per heavy atom. The Labute approximate surface area is 83.8 Å². The number of hydrogen-bond acceptors (Lipinski definition) is 3. The van der Waals surface area contributed by atoms with E-state index in [2.05, 4.69) is 0 Å². The van der Waals surface area contributed by atoms with Gasteiger partial charge in [-0.25, -0.2) is 0 Å². The van der Waals surface area contributed by atoms with E-state index >= 15 is 0 Å². The monoisotopic (exact) mass is 199 g/mol. The topological polar surface area (TPSA) is 66.6 Å². The average Bonchev–Trinajstić information content (AvgIpc) is 2.15. The van der Waals surface area contributed by atoms with E-state index < -0.39 is 0 Å². The van der Waals surface area contributed by atoms with Gasteiger partial charge in [-0.15, -0.1) is 0 Å². The molecule has 1 rings (SSSR count). The van der Waals surface area contributed by atoms with Crippen LogP contribution in [-0.4, -0.2) is 53.8 Å². The van der Waals surface area contributed by atoms with Crippen molar-refractivity contribution < 1.29 is 9.59 Å². The number of carbonyl (C=O) groups is 2. The molecule has 0 aromatic heterocycles. The van der Waals surface area contributed by atoms with Crippen molar-refractivity contribution in [2.45, 2.75) is 19.9 Å². The van der Waals surface area contributed by atoms with Gasteiger partial charge >= 0.3 is 0 Å². The lowest BCUT2D eigenvalue weighted by molar-refractivity contribution is -0.140. The molecule has 1 aliphatic heterocycles. The Kier molecular flexibility index (Phi) is 3.46. The molecule has 1 aliphatic rings. The second-order valence-corrected chi connectivity index (χ2v) is 3.61. The number of nitrogens with two attached hydrogens (primary N) is 1. The van der Waals surface area contributed by atoms with E-state index in [0.29, 0.717) is 19.6 Å². The Bertz CT molecular complexity index is 242. The summed E-state index contributed by atoms with van der Waals surface area (Å²) in [6.07, 6.45) is 0. The van der Waals surface area contributed by atoms with Crippen LogP contribution in [0.4, 0.5) is 0 Å². The van der Waals surface area contributed by atoms with Crippen molar-refractivity contribution in [1.82, 2.24) is 9.80 Å². The summed E-state index contributed by atoms with van der Waals surface area (Å²) in [6.45, 7) is 5.35. The molecule has 0 aromatic rings. The summed E-state index contributed by atoms with van der Waals surface area (Å²) < 4.78 is 0. The molecule has 80 valence electrons. The van der Waals surface area contributed by atoms with Crippen molar-refractivity contribution >= 4 is 11.8 Å². The van der Waals surface area contributed by atoms with Crippen LogP contribution < -0.4 is 5.73 Å². The van der Waals surface area contributed by atoms with Crippen LogP contribution in [0.2, 0.25) is 0 Å². The van der Waals surface area contributed by atoms with Gasteiger partial charge in [0.1, 0.15) is 0 Å². The minimum atomic E-state index is -0.0416. The molecule has 0 aromatic carbocycles. The fraction of sp³-hybridized carbons (Fsp3) is 0.778. The second kappa shape index (κ2) is 4.41. The van der Waals surface area contributed by atoms with Gasteiger partial charge in [-0.1, -0.05) is 0 Å². The molecule has 5 heteroatoms. The molecule has 0 bridgehead atoms. The van der Waals surface area contributed by atoms with Gasteiger partial charge in [0.2, 0.25) is 11.8 Å². The quantitative estimate of drug-likeness (QED) is 0.590. The number of piperazine rings is 1. The predicted molar refractivity (Wildman–Crippen MR) is 52.5 cm³/mol. The molecule has 0 radical (unpaired) electrons. The van der Waals surface area contributed by atoms with Gasteiger partial charge in [0, 0.05) is 32.6 Å². The molecule has 0 unspecified atom stereocenters. The summed E-state index contributed by atoms with van der Waals surface area (Å²) >= 11 is 0. The lowest BCUT2D eigenvalue weighted by Gasteiger charge is -2.39. The summed E-state index contributed by atoms with van der Waals surface area (Å²) in [4.78, 5) is 25.9. The van der Waals surface area contributed by atoms with Gasteiger partial charge < -0.3 is 15.5 Å². The minimum absolute atomic E-state index is 0.0416. The van der Waals surface area contributed by atoms with Crippen LogP contribution in [0.3, 0.4) is 0 Å². The summed E-state index contributed by atoms with van der Waals surface area (Å²) in [7, 11) is 0. The SMILES string of the molecule is CC(=O)N1CCN(C(=O)CN)C[C@@H]1C. The molecule has 5 nitrogen and oxygen atoms in total. The van der Waals surface area contributed by atoms with Gasteiger partial charge in [-0.05, 0) is 6.92 Å². The van der Waals surface area contributed by atoms with E-state index in [4.69, 9.17) is 5.73 Å². The van der Waals surface area contributed by atoms with Crippen molar-refractivity contribution in [2.75, 3.05) is 26.2 Å². The number of hydrogen-bond donors (Lipinski definition) is 1. The van der Waals surface area contributed by atoms with E-state index in [1.165, 1.54) is 0 Å². The first-order chi connectivity index (χ1) is 6.56. The van der Waals surface area contributed by atoms with Crippen molar-refractivity contribution in [3.05, 3.63) is 0 Å². The molecule has 14 heavy (non-hydrogen) atoms. The molecule has 1 saturated heterocycles. The highest BCUT2D eigenvalue weighted by atomic mass is 16.2. The van der Waals surface area contributed by atoms with Crippen LogP contribution in [0.15, 0.2) is 0 Å². The Morgan fingerprint density at radius 3 is 2.50 bits per heavy atom. The second-order valence-electron chi connectivity index (χ2n) is 3.61. The zero-order valence-electron chi connectivity index (χ0n) is 8.69. The highest BCUT2D eigenvalue weighted by Crippen LogP contribution is 2.09. The zero-order valence-corrected chi connectivity index (χ0v) is 8.69. The predicted octanol–water partition coefficient (Wildman–Crippen LogP) is -0.976. The van der Waals surface area contributed by atoms with Gasteiger partial charge in [-0.2, -0.15) is 0 Å². The maximum atomic E-state index is 11.3. The van der Waals surface area contributed by atoms with E-state index in [1.807, 2.05) is 6.92 Å². The van der Waals surface area contributed by atoms with Crippen LogP contribution >= 0.6 is 0 Å². The van der Waals surface area contributed by atoms with Gasteiger partial charge in [-0.3, -0.25) is 9.59 Å². The molecule has 0 saturated carbocycles. The summed E-state index contributed by atoms with van der Waals surface area (Å²) in [6, 6.07) is 0.0942. The van der Waals surface area contributed by atoms with Crippen LogP contribution in [0.1, 0.15) is 13.8 Å². The van der Waals surface area contributed by atoms with Crippen LogP contribution in [-0.2, 0) is 9.59 Å². The van der Waals surface area contributed by atoms with Crippen LogP contribution in [0.5, 0.6) is 0 Å². The molecule has 1 heterocycles. The van der Waals surface area contributed by atoms with E-state index in [9.17, 15) is 9.59 Å². The third-order valence-electron chi connectivity index (χ3n) is 2.56. The maximum absolute atomic E-state index is 11.3. The lowest BCUT2D eigenvalue weighted by Crippen LogP contribution is -2.55. The Balaban J connectivity index is 2.55. The summed E-state index contributed by atoms with van der Waals surface area (Å²) in [5.41, 5.74) is 5.27. The number of nitrogens with zero attached hydrogens (tertiary/aromatic N) is 2. The zero-order chi connectivity index (χ0) is 10.7. The third-order valence-corrected chi connectivity index (χ3v) is 2.56. The number of amides is 2. The molecule has 1 fully saturated rings. The lowest BCUT2D eigenvalue weighted by atomic mass is 10.2. The minimum Gasteiger partial charge on any atom is -0.338 e. The van der Waals surface area contributed by atoms with Crippen LogP contribution in [0, 0.1) is 0 Å². The molecule has 2 N–H and O–H groups in total. The normalized spacial score (nSPS) is 22.4. The Hall–Kier alpha value is -1.10. The molecular weight excluding hydrogens is 182 g/mol. The molecule has 1 atom stereocenters. The largest absolute Gasteiger partial charge is 0.338 e. The first-order valence-corrected chi connectivity index (χ1v) is 4.81. The van der Waals surface area contributed by atoms with Crippen molar-refractivity contribution in [1.29, 1.82) is 0 Å². The smallest absolute Gasteiger partial charge is 0.236 e. The number of rotatable bonds is 1. The van der Waals surface area contributed by atoms with Gasteiger partial charge in [0.25, 0.3) is 0 Å². The Morgan fingerprint density at radius 2 is 2.07 bits per heavy atom. The van der Waals surface area contributed by atoms with E-state index in [-0.39, 0.29) is 24.4 Å². The maximum Gasteiger partial charge on any atom is 0.236 e. The van der Waals surface area contributed by atoms with Gasteiger partial charge in [0.05, 0.1) is 6.54 Å². The van der Waals surface area contributed by atoms with E-state index in [0.717, 1.165) is 0 Å². The summed E-state index contributed by atoms with van der Waals surface area (Å²) in [5, 5.41) is 0. The molecule has 0 spiro atoms. The van der Waals surface area contributed by atoms with Crippen molar-refractivity contribution in [2.24, 2.45) is 5.73 Å².